The minimum Gasteiger partial charge on any atom is -0.336 e. The summed E-state index contributed by atoms with van der Waals surface area (Å²) >= 11 is 0. The number of rotatable bonds is 2. The number of nitrogens with one attached hydrogen (secondary N) is 1. The molecule has 1 saturated heterocycles. The molecule has 5 rings (SSSR count). The molecule has 0 radical (unpaired) electrons. The molecule has 1 amide bonds. The summed E-state index contributed by atoms with van der Waals surface area (Å²) in [6, 6.07) is 18.5. The van der Waals surface area contributed by atoms with Gasteiger partial charge in [0.2, 0.25) is 0 Å². The van der Waals surface area contributed by atoms with Crippen molar-refractivity contribution in [3.63, 3.8) is 0 Å². The fourth-order valence-corrected chi connectivity index (χ4v) is 4.09. The van der Waals surface area contributed by atoms with Crippen molar-refractivity contribution >= 4 is 22.2 Å². The molecule has 5 nitrogen and oxygen atoms in total. The number of nitrogens with zero attached hydrogens (tertiary/aromatic N) is 3. The van der Waals surface area contributed by atoms with Crippen LogP contribution in [0, 0.1) is 0 Å². The average molecular weight is 370 g/mol. The van der Waals surface area contributed by atoms with Crippen molar-refractivity contribution in [2.24, 2.45) is 0 Å². The maximum Gasteiger partial charge on any atom is 0.256 e. The summed E-state index contributed by atoms with van der Waals surface area (Å²) in [7, 11) is 0. The molecule has 1 aliphatic rings. The summed E-state index contributed by atoms with van der Waals surface area (Å²) in [5.74, 6) is 0.934. The Hall–Kier alpha value is -3.18. The van der Waals surface area contributed by atoms with Crippen LogP contribution in [0.25, 0.3) is 27.7 Å². The van der Waals surface area contributed by atoms with Crippen molar-refractivity contribution in [3.8, 4) is 11.4 Å². The topological polar surface area (TPSA) is 49.6 Å². The fraction of sp³-hybridized carbons (Fsp3) is 0.217. The van der Waals surface area contributed by atoms with Gasteiger partial charge in [-0.15, -0.1) is 0 Å². The quantitative estimate of drug-likeness (QED) is 0.587. The van der Waals surface area contributed by atoms with Gasteiger partial charge in [-0.3, -0.25) is 9.20 Å². The normalized spacial score (nSPS) is 17.3. The number of hydrogen-bond acceptors (Lipinski definition) is 3. The van der Waals surface area contributed by atoms with E-state index in [2.05, 4.69) is 27.7 Å². The van der Waals surface area contributed by atoms with Crippen LogP contribution in [0.2, 0.25) is 0 Å². The first kappa shape index (κ1) is 17.0. The molecule has 0 aliphatic carbocycles. The zero-order valence-corrected chi connectivity index (χ0v) is 15.8. The number of imidazole rings is 1. The standard InChI is InChI=1S/C23H22N4O/c1-16-14-26(12-11-24-16)23(28)20-15-27-21(19-10-6-5-9-18(19)20)13-25-22(27)17-7-3-2-4-8-17/h2-10,13,15-16,24H,11-12,14H2,1H3. The van der Waals surface area contributed by atoms with Crippen LogP contribution in [-0.4, -0.2) is 45.9 Å². The molecule has 1 atom stereocenters. The third-order valence-corrected chi connectivity index (χ3v) is 5.47. The molecule has 1 aliphatic heterocycles. The highest BCUT2D eigenvalue weighted by Crippen LogP contribution is 2.29. The van der Waals surface area contributed by atoms with E-state index in [1.165, 1.54) is 0 Å². The van der Waals surface area contributed by atoms with Crippen LogP contribution in [0.15, 0.2) is 67.0 Å². The van der Waals surface area contributed by atoms with E-state index in [4.69, 9.17) is 0 Å². The summed E-state index contributed by atoms with van der Waals surface area (Å²) in [6.07, 6.45) is 3.86. The van der Waals surface area contributed by atoms with Crippen LogP contribution in [-0.2, 0) is 0 Å². The van der Waals surface area contributed by atoms with Crippen molar-refractivity contribution in [1.82, 2.24) is 19.6 Å². The summed E-state index contributed by atoms with van der Waals surface area (Å²) < 4.78 is 2.05. The third kappa shape index (κ3) is 2.75. The molecule has 5 heteroatoms. The van der Waals surface area contributed by atoms with Gasteiger partial charge in [0.15, 0.2) is 0 Å². The molecule has 0 spiro atoms. The van der Waals surface area contributed by atoms with Crippen LogP contribution < -0.4 is 5.32 Å². The zero-order valence-electron chi connectivity index (χ0n) is 15.8. The SMILES string of the molecule is CC1CN(C(=O)c2cn3c(-c4ccccc4)ncc3c3ccccc23)CCN1. The third-order valence-electron chi connectivity index (χ3n) is 5.47. The molecule has 28 heavy (non-hydrogen) atoms. The van der Waals surface area contributed by atoms with Crippen molar-refractivity contribution in [2.75, 3.05) is 19.6 Å². The van der Waals surface area contributed by atoms with Gasteiger partial charge in [0, 0.05) is 42.8 Å². The van der Waals surface area contributed by atoms with E-state index in [-0.39, 0.29) is 5.91 Å². The first-order chi connectivity index (χ1) is 13.7. The second-order valence-corrected chi connectivity index (χ2v) is 7.40. The van der Waals surface area contributed by atoms with Crippen LogP contribution >= 0.6 is 0 Å². The van der Waals surface area contributed by atoms with E-state index in [0.717, 1.165) is 52.9 Å². The average Bonchev–Trinajstić information content (AvgIpc) is 3.17. The van der Waals surface area contributed by atoms with E-state index in [9.17, 15) is 4.79 Å². The molecule has 1 fully saturated rings. The maximum absolute atomic E-state index is 13.4. The molecule has 0 saturated carbocycles. The molecule has 4 aromatic rings. The first-order valence-electron chi connectivity index (χ1n) is 9.69. The number of piperazine rings is 1. The molecule has 140 valence electrons. The highest BCUT2D eigenvalue weighted by molar-refractivity contribution is 6.11. The van der Waals surface area contributed by atoms with Crippen molar-refractivity contribution in [2.45, 2.75) is 13.0 Å². The smallest absolute Gasteiger partial charge is 0.256 e. The largest absolute Gasteiger partial charge is 0.336 e. The summed E-state index contributed by atoms with van der Waals surface area (Å²) in [4.78, 5) is 20.1. The van der Waals surface area contributed by atoms with Crippen molar-refractivity contribution in [1.29, 1.82) is 0 Å². The van der Waals surface area contributed by atoms with E-state index in [1.807, 2.05) is 65.8 Å². The highest BCUT2D eigenvalue weighted by atomic mass is 16.2. The monoisotopic (exact) mass is 370 g/mol. The molecular weight excluding hydrogens is 348 g/mol. The Labute approximate surface area is 163 Å². The molecule has 2 aromatic heterocycles. The van der Waals surface area contributed by atoms with E-state index in [0.29, 0.717) is 6.04 Å². The predicted molar refractivity (Wildman–Crippen MR) is 112 cm³/mol. The number of carbonyl (C=O) groups excluding carboxylic acids is 1. The number of benzene rings is 2. The maximum atomic E-state index is 13.4. The van der Waals surface area contributed by atoms with Gasteiger partial charge >= 0.3 is 0 Å². The predicted octanol–water partition coefficient (Wildman–Crippen LogP) is 3.59. The highest BCUT2D eigenvalue weighted by Gasteiger charge is 2.24. The lowest BCUT2D eigenvalue weighted by Gasteiger charge is -2.32. The first-order valence-corrected chi connectivity index (χ1v) is 9.69. The van der Waals surface area contributed by atoms with Crippen LogP contribution in [0.3, 0.4) is 0 Å². The van der Waals surface area contributed by atoms with Crippen LogP contribution in [0.4, 0.5) is 0 Å². The Bertz CT molecular complexity index is 1170. The second kappa shape index (κ2) is 6.77. The molecular formula is C23H22N4O. The van der Waals surface area contributed by atoms with Gasteiger partial charge in [0.1, 0.15) is 5.82 Å². The van der Waals surface area contributed by atoms with Gasteiger partial charge in [0.25, 0.3) is 5.91 Å². The van der Waals surface area contributed by atoms with Gasteiger partial charge in [0.05, 0.1) is 17.3 Å². The minimum atomic E-state index is 0.0826. The van der Waals surface area contributed by atoms with Gasteiger partial charge in [-0.2, -0.15) is 0 Å². The summed E-state index contributed by atoms with van der Waals surface area (Å²) in [5, 5.41) is 5.43. The Kier molecular flexibility index (Phi) is 4.10. The van der Waals surface area contributed by atoms with Gasteiger partial charge in [-0.05, 0) is 12.3 Å². The molecule has 2 aromatic carbocycles. The van der Waals surface area contributed by atoms with Crippen molar-refractivity contribution < 1.29 is 4.79 Å². The summed E-state index contributed by atoms with van der Waals surface area (Å²) in [6.45, 7) is 4.39. The summed E-state index contributed by atoms with van der Waals surface area (Å²) in [5.41, 5.74) is 2.78. The minimum absolute atomic E-state index is 0.0826. The molecule has 1 unspecified atom stereocenters. The van der Waals surface area contributed by atoms with Gasteiger partial charge in [-0.1, -0.05) is 54.6 Å². The van der Waals surface area contributed by atoms with E-state index < -0.39 is 0 Å². The lowest BCUT2D eigenvalue weighted by atomic mass is 10.0. The molecule has 0 bridgehead atoms. The van der Waals surface area contributed by atoms with E-state index >= 15 is 0 Å². The van der Waals surface area contributed by atoms with Crippen LogP contribution in [0.1, 0.15) is 17.3 Å². The number of aromatic nitrogens is 2. The van der Waals surface area contributed by atoms with E-state index in [1.54, 1.807) is 0 Å². The lowest BCUT2D eigenvalue weighted by molar-refractivity contribution is 0.0710. The lowest BCUT2D eigenvalue weighted by Crippen LogP contribution is -2.51. The molecule has 1 N–H and O–H groups in total. The number of amides is 1. The fourth-order valence-electron chi connectivity index (χ4n) is 4.09. The Morgan fingerprint density at radius 3 is 2.61 bits per heavy atom. The van der Waals surface area contributed by atoms with Gasteiger partial charge in [-0.25, -0.2) is 4.98 Å². The number of pyridine rings is 1. The van der Waals surface area contributed by atoms with Gasteiger partial charge < -0.3 is 10.2 Å². The zero-order chi connectivity index (χ0) is 19.1. The number of hydrogen-bond donors (Lipinski definition) is 1. The Morgan fingerprint density at radius 1 is 1.07 bits per heavy atom. The number of carbonyl (C=O) groups is 1. The molecule has 3 heterocycles. The Balaban J connectivity index is 1.72. The van der Waals surface area contributed by atoms with Crippen LogP contribution in [0.5, 0.6) is 0 Å². The number of fused-ring (bicyclic) bond motifs is 3. The Morgan fingerprint density at radius 2 is 1.82 bits per heavy atom. The van der Waals surface area contributed by atoms with Crippen molar-refractivity contribution in [3.05, 3.63) is 72.6 Å². The second-order valence-electron chi connectivity index (χ2n) is 7.40.